The number of nitrogens with zero attached hydrogens (tertiary/aromatic N) is 1. The van der Waals surface area contributed by atoms with Crippen LogP contribution in [0, 0.1) is 23.0 Å². The lowest BCUT2D eigenvalue weighted by atomic mass is 10.0. The van der Waals surface area contributed by atoms with Crippen LogP contribution in [-0.2, 0) is 0 Å². The molecule has 0 aliphatic heterocycles. The van der Waals surface area contributed by atoms with Crippen LogP contribution in [0.25, 0.3) is 17.2 Å². The Labute approximate surface area is 124 Å². The van der Waals surface area contributed by atoms with Gasteiger partial charge < -0.3 is 0 Å². The second-order valence-electron chi connectivity index (χ2n) is 3.92. The minimum Gasteiger partial charge on any atom is -0.206 e. The summed E-state index contributed by atoms with van der Waals surface area (Å²) in [6.45, 7) is 0. The highest BCUT2D eigenvalue weighted by Gasteiger charge is 2.14. The molecule has 0 fully saturated rings. The van der Waals surface area contributed by atoms with Crippen molar-refractivity contribution in [3.8, 4) is 17.2 Å². The fourth-order valence-electron chi connectivity index (χ4n) is 1.74. The molecule has 0 aliphatic carbocycles. The first-order valence-corrected chi connectivity index (χ1v) is 6.29. The number of hydrogen-bond acceptors (Lipinski definition) is 1. The minimum absolute atomic E-state index is 0.161. The Morgan fingerprint density at radius 3 is 2.40 bits per heavy atom. The van der Waals surface area contributed by atoms with Crippen LogP contribution in [0.15, 0.2) is 36.4 Å². The minimum atomic E-state index is -0.704. The Balaban J connectivity index is 2.57. The highest BCUT2D eigenvalue weighted by atomic mass is 35.5. The third kappa shape index (κ3) is 2.82. The largest absolute Gasteiger partial charge is 0.206 e. The van der Waals surface area contributed by atoms with Gasteiger partial charge in [-0.25, -0.2) is 8.78 Å². The molecule has 0 N–H and O–H groups in total. The molecule has 1 nitrogen and oxygen atoms in total. The molecule has 0 spiro atoms. The monoisotopic (exact) mass is 309 g/mol. The third-order valence-electron chi connectivity index (χ3n) is 2.67. The van der Waals surface area contributed by atoms with E-state index in [4.69, 9.17) is 28.5 Å². The molecule has 0 saturated carbocycles. The van der Waals surface area contributed by atoms with E-state index >= 15 is 0 Å². The van der Waals surface area contributed by atoms with Crippen molar-refractivity contribution in [2.75, 3.05) is 0 Å². The van der Waals surface area contributed by atoms with Gasteiger partial charge in [0.1, 0.15) is 11.6 Å². The lowest BCUT2D eigenvalue weighted by Gasteiger charge is -2.09. The second-order valence-corrected chi connectivity index (χ2v) is 4.73. The van der Waals surface area contributed by atoms with Crippen LogP contribution >= 0.6 is 23.2 Å². The van der Waals surface area contributed by atoms with Gasteiger partial charge in [-0.2, -0.15) is 5.26 Å². The summed E-state index contributed by atoms with van der Waals surface area (Å²) in [5.74, 6) is -1.29. The van der Waals surface area contributed by atoms with Gasteiger partial charge in [-0.1, -0.05) is 35.3 Å². The van der Waals surface area contributed by atoms with Crippen molar-refractivity contribution in [1.29, 1.82) is 5.26 Å². The molecule has 0 amide bonds. The van der Waals surface area contributed by atoms with Crippen molar-refractivity contribution in [3.63, 3.8) is 0 Å². The van der Waals surface area contributed by atoms with E-state index in [1.807, 2.05) is 0 Å². The first-order valence-electron chi connectivity index (χ1n) is 5.54. The Morgan fingerprint density at radius 2 is 1.75 bits per heavy atom. The normalized spacial score (nSPS) is 10.8. The summed E-state index contributed by atoms with van der Waals surface area (Å²) in [7, 11) is 0. The number of rotatable bonds is 2. The molecule has 0 unspecified atom stereocenters. The van der Waals surface area contributed by atoms with Gasteiger partial charge in [0.25, 0.3) is 0 Å². The molecular formula is C15H7Cl2F2N. The van der Waals surface area contributed by atoms with E-state index < -0.39 is 11.6 Å². The number of benzene rings is 2. The van der Waals surface area contributed by atoms with E-state index in [1.54, 1.807) is 6.07 Å². The van der Waals surface area contributed by atoms with E-state index in [0.29, 0.717) is 0 Å². The summed E-state index contributed by atoms with van der Waals surface area (Å²) in [6, 6.07) is 8.75. The van der Waals surface area contributed by atoms with Crippen LogP contribution in [0.1, 0.15) is 5.56 Å². The lowest BCUT2D eigenvalue weighted by Crippen LogP contribution is -1.91. The number of allylic oxidation sites excluding steroid dienone is 1. The number of halogens is 4. The SMILES string of the molecule is N#C/C=C\c1ccc(-c2ccc(Cl)cc2F)c(Cl)c1F. The number of nitriles is 1. The highest BCUT2D eigenvalue weighted by Crippen LogP contribution is 2.34. The predicted molar refractivity (Wildman–Crippen MR) is 76.5 cm³/mol. The molecule has 2 aromatic rings. The maximum atomic E-state index is 14.0. The van der Waals surface area contributed by atoms with E-state index in [-0.39, 0.29) is 26.7 Å². The molecule has 0 heterocycles. The summed E-state index contributed by atoms with van der Waals surface area (Å²) in [5, 5.41) is 8.47. The number of hydrogen-bond donors (Lipinski definition) is 0. The topological polar surface area (TPSA) is 23.8 Å². The molecule has 0 radical (unpaired) electrons. The molecule has 2 aromatic carbocycles. The first-order chi connectivity index (χ1) is 9.54. The van der Waals surface area contributed by atoms with Gasteiger partial charge in [-0.3, -0.25) is 0 Å². The van der Waals surface area contributed by atoms with E-state index in [1.165, 1.54) is 30.3 Å². The Morgan fingerprint density at radius 1 is 1.05 bits per heavy atom. The average molecular weight is 310 g/mol. The van der Waals surface area contributed by atoms with E-state index in [9.17, 15) is 8.78 Å². The summed E-state index contributed by atoms with van der Waals surface area (Å²) in [6.07, 6.45) is 2.43. The van der Waals surface area contributed by atoms with Gasteiger partial charge in [-0.15, -0.1) is 0 Å². The third-order valence-corrected chi connectivity index (χ3v) is 3.28. The molecule has 0 bridgehead atoms. The van der Waals surface area contributed by atoms with Crippen LogP contribution < -0.4 is 0 Å². The zero-order chi connectivity index (χ0) is 14.7. The van der Waals surface area contributed by atoms with Crippen molar-refractivity contribution in [3.05, 3.63) is 63.7 Å². The fraction of sp³-hybridized carbons (Fsp3) is 0. The summed E-state index contributed by atoms with van der Waals surface area (Å²) < 4.78 is 27.9. The van der Waals surface area contributed by atoms with E-state index in [2.05, 4.69) is 0 Å². The van der Waals surface area contributed by atoms with Crippen LogP contribution in [0.4, 0.5) is 8.78 Å². The van der Waals surface area contributed by atoms with Gasteiger partial charge >= 0.3 is 0 Å². The van der Waals surface area contributed by atoms with Crippen molar-refractivity contribution >= 4 is 29.3 Å². The fourth-order valence-corrected chi connectivity index (χ4v) is 2.17. The molecule has 2 rings (SSSR count). The van der Waals surface area contributed by atoms with Gasteiger partial charge in [0, 0.05) is 27.8 Å². The Hall–Kier alpha value is -1.89. The summed E-state index contributed by atoms with van der Waals surface area (Å²) in [5.41, 5.74) is 0.552. The molecule has 0 aliphatic rings. The maximum Gasteiger partial charge on any atom is 0.149 e. The van der Waals surface area contributed by atoms with Gasteiger partial charge in [0.05, 0.1) is 11.1 Å². The molecule has 0 atom stereocenters. The van der Waals surface area contributed by atoms with Crippen LogP contribution in [0.3, 0.4) is 0 Å². The van der Waals surface area contributed by atoms with E-state index in [0.717, 1.165) is 12.1 Å². The lowest BCUT2D eigenvalue weighted by molar-refractivity contribution is 0.623. The first kappa shape index (κ1) is 14.5. The molecule has 100 valence electrons. The quantitative estimate of drug-likeness (QED) is 0.674. The van der Waals surface area contributed by atoms with Crippen molar-refractivity contribution in [1.82, 2.24) is 0 Å². The van der Waals surface area contributed by atoms with Crippen molar-refractivity contribution in [2.24, 2.45) is 0 Å². The summed E-state index contributed by atoms with van der Waals surface area (Å²) >= 11 is 11.6. The smallest absolute Gasteiger partial charge is 0.149 e. The maximum absolute atomic E-state index is 14.0. The zero-order valence-electron chi connectivity index (χ0n) is 10.0. The zero-order valence-corrected chi connectivity index (χ0v) is 11.5. The molecule has 0 saturated heterocycles. The molecule has 20 heavy (non-hydrogen) atoms. The van der Waals surface area contributed by atoms with Crippen molar-refractivity contribution in [2.45, 2.75) is 0 Å². The predicted octanol–water partition coefficient (Wildman–Crippen LogP) is 5.48. The van der Waals surface area contributed by atoms with Crippen LogP contribution in [0.2, 0.25) is 10.0 Å². The second kappa shape index (κ2) is 6.04. The van der Waals surface area contributed by atoms with Crippen LogP contribution in [0.5, 0.6) is 0 Å². The van der Waals surface area contributed by atoms with Crippen molar-refractivity contribution < 1.29 is 8.78 Å². The molecular weight excluding hydrogens is 303 g/mol. The Bertz CT molecular complexity index is 733. The standard InChI is InChI=1S/C15H7Cl2F2N/c16-10-4-6-11(13(18)8-10)12-5-3-9(2-1-7-20)15(19)14(12)17/h1-6,8H/b2-1-. The summed E-state index contributed by atoms with van der Waals surface area (Å²) in [4.78, 5) is 0. The Kier molecular flexibility index (Phi) is 4.39. The van der Waals surface area contributed by atoms with Gasteiger partial charge in [-0.05, 0) is 24.3 Å². The average Bonchev–Trinajstić information content (AvgIpc) is 2.41. The highest BCUT2D eigenvalue weighted by molar-refractivity contribution is 6.33. The molecule has 0 aromatic heterocycles. The van der Waals surface area contributed by atoms with Crippen LogP contribution in [-0.4, -0.2) is 0 Å². The van der Waals surface area contributed by atoms with Gasteiger partial charge in [0.15, 0.2) is 0 Å². The molecule has 5 heteroatoms. The van der Waals surface area contributed by atoms with Gasteiger partial charge in [0.2, 0.25) is 0 Å².